The van der Waals surface area contributed by atoms with Gasteiger partial charge in [0.05, 0.1) is 5.69 Å². The zero-order valence-electron chi connectivity index (χ0n) is 9.66. The van der Waals surface area contributed by atoms with Crippen LogP contribution in [0, 0.1) is 6.92 Å². The van der Waals surface area contributed by atoms with Gasteiger partial charge in [-0.2, -0.15) is 4.98 Å². The molecular weight excluding hydrogens is 236 g/mol. The molecule has 17 heavy (non-hydrogen) atoms. The highest BCUT2D eigenvalue weighted by Crippen LogP contribution is 2.30. The van der Waals surface area contributed by atoms with Crippen LogP contribution < -0.4 is 11.1 Å². The van der Waals surface area contributed by atoms with Gasteiger partial charge in [-0.1, -0.05) is 23.7 Å². The molecule has 1 aromatic carbocycles. The first-order chi connectivity index (χ1) is 8.11. The average Bonchev–Trinajstić information content (AvgIpc) is 2.30. The number of benzene rings is 1. The molecule has 0 bridgehead atoms. The molecule has 2 rings (SSSR count). The maximum Gasteiger partial charge on any atom is 0.222 e. The number of nitrogens with two attached hydrogens (primary N) is 1. The third kappa shape index (κ3) is 2.31. The Morgan fingerprint density at radius 3 is 2.41 bits per heavy atom. The van der Waals surface area contributed by atoms with Crippen molar-refractivity contribution in [3.05, 3.63) is 35.0 Å². The summed E-state index contributed by atoms with van der Waals surface area (Å²) in [5.41, 5.74) is 8.41. The molecule has 0 radical (unpaired) electrons. The second-order valence-corrected chi connectivity index (χ2v) is 4.08. The maximum atomic E-state index is 5.87. The highest BCUT2D eigenvalue weighted by atomic mass is 35.5. The number of nitrogen functional groups attached to an aromatic ring is 1. The van der Waals surface area contributed by atoms with Gasteiger partial charge in [-0.3, -0.25) is 0 Å². The van der Waals surface area contributed by atoms with E-state index in [1.54, 1.807) is 7.05 Å². The second-order valence-electron chi connectivity index (χ2n) is 3.65. The standard InChI is InChI=1S/C12H13ClN4/c1-7-10(8-3-5-9(13)6-4-8)11(15-2)17-12(14)16-7/h3-6H,1-2H3,(H3,14,15,16,17). The first-order valence-corrected chi connectivity index (χ1v) is 5.57. The third-order valence-electron chi connectivity index (χ3n) is 2.48. The van der Waals surface area contributed by atoms with Crippen LogP contribution in [0.3, 0.4) is 0 Å². The van der Waals surface area contributed by atoms with Crippen LogP contribution in [-0.2, 0) is 0 Å². The molecule has 4 nitrogen and oxygen atoms in total. The molecule has 1 aromatic heterocycles. The molecule has 0 saturated heterocycles. The van der Waals surface area contributed by atoms with Gasteiger partial charge in [-0.05, 0) is 24.6 Å². The van der Waals surface area contributed by atoms with Crippen molar-refractivity contribution >= 4 is 23.4 Å². The molecule has 3 N–H and O–H groups in total. The molecular formula is C12H13ClN4. The van der Waals surface area contributed by atoms with Gasteiger partial charge < -0.3 is 11.1 Å². The first kappa shape index (κ1) is 11.7. The number of aryl methyl sites for hydroxylation is 1. The summed E-state index contributed by atoms with van der Waals surface area (Å²) in [7, 11) is 1.81. The summed E-state index contributed by atoms with van der Waals surface area (Å²) in [6, 6.07) is 7.55. The number of halogens is 1. The molecule has 0 aliphatic rings. The topological polar surface area (TPSA) is 63.8 Å². The molecule has 0 atom stereocenters. The largest absolute Gasteiger partial charge is 0.372 e. The summed E-state index contributed by atoms with van der Waals surface area (Å²) < 4.78 is 0. The highest BCUT2D eigenvalue weighted by molar-refractivity contribution is 6.30. The van der Waals surface area contributed by atoms with Gasteiger partial charge in [0.2, 0.25) is 5.95 Å². The van der Waals surface area contributed by atoms with Gasteiger partial charge in [0.15, 0.2) is 0 Å². The summed E-state index contributed by atoms with van der Waals surface area (Å²) in [5.74, 6) is 0.988. The van der Waals surface area contributed by atoms with Crippen molar-refractivity contribution in [3.8, 4) is 11.1 Å². The van der Waals surface area contributed by atoms with Crippen LogP contribution in [0.15, 0.2) is 24.3 Å². The Hall–Kier alpha value is -1.81. The van der Waals surface area contributed by atoms with E-state index in [1.165, 1.54) is 0 Å². The minimum Gasteiger partial charge on any atom is -0.372 e. The van der Waals surface area contributed by atoms with Crippen molar-refractivity contribution in [1.29, 1.82) is 0 Å². The van der Waals surface area contributed by atoms with Crippen molar-refractivity contribution < 1.29 is 0 Å². The molecule has 2 aromatic rings. The molecule has 0 saturated carbocycles. The number of anilines is 2. The normalized spacial score (nSPS) is 10.3. The van der Waals surface area contributed by atoms with Crippen LogP contribution in [0.25, 0.3) is 11.1 Å². The van der Waals surface area contributed by atoms with Gasteiger partial charge in [0.1, 0.15) is 5.82 Å². The Balaban J connectivity index is 2.61. The quantitative estimate of drug-likeness (QED) is 0.858. The predicted molar refractivity (Wildman–Crippen MR) is 71.2 cm³/mol. The van der Waals surface area contributed by atoms with Gasteiger partial charge >= 0.3 is 0 Å². The van der Waals surface area contributed by atoms with Gasteiger partial charge in [-0.25, -0.2) is 4.98 Å². The Kier molecular flexibility index (Phi) is 3.15. The second kappa shape index (κ2) is 4.59. The van der Waals surface area contributed by atoms with Gasteiger partial charge in [0.25, 0.3) is 0 Å². The molecule has 88 valence electrons. The molecule has 0 fully saturated rings. The molecule has 0 aliphatic carbocycles. The van der Waals surface area contributed by atoms with E-state index in [2.05, 4.69) is 15.3 Å². The maximum absolute atomic E-state index is 5.87. The van der Waals surface area contributed by atoms with Gasteiger partial charge in [0, 0.05) is 17.6 Å². The van der Waals surface area contributed by atoms with E-state index >= 15 is 0 Å². The summed E-state index contributed by atoms with van der Waals surface area (Å²) in [6.45, 7) is 1.91. The lowest BCUT2D eigenvalue weighted by molar-refractivity contribution is 1.12. The molecule has 0 aliphatic heterocycles. The van der Waals surface area contributed by atoms with Crippen molar-refractivity contribution in [2.75, 3.05) is 18.1 Å². The zero-order chi connectivity index (χ0) is 12.4. The minimum atomic E-state index is 0.268. The molecule has 0 unspecified atom stereocenters. The summed E-state index contributed by atoms with van der Waals surface area (Å²) >= 11 is 5.87. The lowest BCUT2D eigenvalue weighted by Crippen LogP contribution is -2.04. The Morgan fingerprint density at radius 2 is 1.82 bits per heavy atom. The third-order valence-corrected chi connectivity index (χ3v) is 2.73. The fourth-order valence-electron chi connectivity index (χ4n) is 1.74. The lowest BCUT2D eigenvalue weighted by atomic mass is 10.1. The number of nitrogens with zero attached hydrogens (tertiary/aromatic N) is 2. The van der Waals surface area contributed by atoms with Crippen LogP contribution in [0.5, 0.6) is 0 Å². The van der Waals surface area contributed by atoms with Crippen LogP contribution in [-0.4, -0.2) is 17.0 Å². The van der Waals surface area contributed by atoms with E-state index < -0.39 is 0 Å². The zero-order valence-corrected chi connectivity index (χ0v) is 10.4. The number of rotatable bonds is 2. The van der Waals surface area contributed by atoms with E-state index in [9.17, 15) is 0 Å². The van der Waals surface area contributed by atoms with Crippen LogP contribution in [0.1, 0.15) is 5.69 Å². The van der Waals surface area contributed by atoms with E-state index in [4.69, 9.17) is 17.3 Å². The Labute approximate surface area is 105 Å². The number of nitrogens with one attached hydrogen (secondary N) is 1. The smallest absolute Gasteiger partial charge is 0.222 e. The minimum absolute atomic E-state index is 0.268. The fourth-order valence-corrected chi connectivity index (χ4v) is 1.86. The van der Waals surface area contributed by atoms with E-state index in [0.717, 1.165) is 22.6 Å². The van der Waals surface area contributed by atoms with Gasteiger partial charge in [-0.15, -0.1) is 0 Å². The summed E-state index contributed by atoms with van der Waals surface area (Å²) in [6.07, 6.45) is 0. The predicted octanol–water partition coefficient (Wildman–Crippen LogP) is 2.73. The van der Waals surface area contributed by atoms with Crippen molar-refractivity contribution in [2.24, 2.45) is 0 Å². The van der Waals surface area contributed by atoms with Crippen LogP contribution in [0.2, 0.25) is 5.02 Å². The van der Waals surface area contributed by atoms with Crippen LogP contribution in [0.4, 0.5) is 11.8 Å². The monoisotopic (exact) mass is 248 g/mol. The van der Waals surface area contributed by atoms with E-state index in [-0.39, 0.29) is 5.95 Å². The number of aromatic nitrogens is 2. The molecule has 5 heteroatoms. The number of hydrogen-bond donors (Lipinski definition) is 2. The molecule has 0 spiro atoms. The van der Waals surface area contributed by atoms with Crippen LogP contribution >= 0.6 is 11.6 Å². The highest BCUT2D eigenvalue weighted by Gasteiger charge is 2.11. The van der Waals surface area contributed by atoms with E-state index in [0.29, 0.717) is 5.02 Å². The summed E-state index contributed by atoms with van der Waals surface area (Å²) in [4.78, 5) is 8.35. The van der Waals surface area contributed by atoms with Crippen molar-refractivity contribution in [1.82, 2.24) is 9.97 Å². The van der Waals surface area contributed by atoms with Crippen molar-refractivity contribution in [3.63, 3.8) is 0 Å². The first-order valence-electron chi connectivity index (χ1n) is 5.19. The molecule has 0 amide bonds. The Bertz CT molecular complexity index is 537. The SMILES string of the molecule is CNc1nc(N)nc(C)c1-c1ccc(Cl)cc1. The lowest BCUT2D eigenvalue weighted by Gasteiger charge is -2.11. The average molecular weight is 249 g/mol. The van der Waals surface area contributed by atoms with E-state index in [1.807, 2.05) is 31.2 Å². The fraction of sp³-hybridized carbons (Fsp3) is 0.167. The van der Waals surface area contributed by atoms with Crippen molar-refractivity contribution in [2.45, 2.75) is 6.92 Å². The molecule has 1 heterocycles. The number of hydrogen-bond acceptors (Lipinski definition) is 4. The Morgan fingerprint density at radius 1 is 1.18 bits per heavy atom. The summed E-state index contributed by atoms with van der Waals surface area (Å²) in [5, 5.41) is 3.73.